The molecular formula is C29H23NO4. The molecule has 0 heterocycles. The van der Waals surface area contributed by atoms with E-state index in [2.05, 4.69) is 4.99 Å². The summed E-state index contributed by atoms with van der Waals surface area (Å²) in [5.41, 5.74) is 2.26. The van der Waals surface area contributed by atoms with E-state index in [4.69, 9.17) is 4.74 Å². The highest BCUT2D eigenvalue weighted by Crippen LogP contribution is 2.24. The minimum Gasteiger partial charge on any atom is -0.481 e. The van der Waals surface area contributed by atoms with Crippen LogP contribution in [0.4, 0.5) is 5.69 Å². The topological polar surface area (TPSA) is 76.0 Å². The summed E-state index contributed by atoms with van der Waals surface area (Å²) >= 11 is 0. The molecule has 0 bridgehead atoms. The zero-order valence-electron chi connectivity index (χ0n) is 18.4. The van der Waals surface area contributed by atoms with Crippen LogP contribution < -0.4 is 4.74 Å². The number of nitrogens with zero attached hydrogens (tertiary/aromatic N) is 1. The van der Waals surface area contributed by atoms with Gasteiger partial charge in [-0.15, -0.1) is 0 Å². The van der Waals surface area contributed by atoms with E-state index in [0.717, 1.165) is 11.3 Å². The molecule has 0 fully saturated rings. The quantitative estimate of drug-likeness (QED) is 0.238. The Morgan fingerprint density at radius 1 is 0.765 bits per heavy atom. The molecule has 0 aliphatic carbocycles. The van der Waals surface area contributed by atoms with E-state index < -0.39 is 11.9 Å². The third kappa shape index (κ3) is 5.84. The molecule has 4 aromatic rings. The van der Waals surface area contributed by atoms with Crippen LogP contribution in [0.15, 0.2) is 114 Å². The second kappa shape index (κ2) is 10.9. The summed E-state index contributed by atoms with van der Waals surface area (Å²) < 4.78 is 5.79. The van der Waals surface area contributed by atoms with Gasteiger partial charge in [0.05, 0.1) is 11.6 Å². The number of ketones is 1. The van der Waals surface area contributed by atoms with Gasteiger partial charge in [-0.25, -0.2) is 0 Å². The fourth-order valence-corrected chi connectivity index (χ4v) is 3.47. The molecule has 5 heteroatoms. The number of ether oxygens (including phenoxy) is 1. The highest BCUT2D eigenvalue weighted by atomic mass is 16.5. The van der Waals surface area contributed by atoms with Crippen molar-refractivity contribution in [2.75, 3.05) is 0 Å². The lowest BCUT2D eigenvalue weighted by atomic mass is 9.99. The molecule has 34 heavy (non-hydrogen) atoms. The van der Waals surface area contributed by atoms with Crippen LogP contribution in [-0.4, -0.2) is 23.1 Å². The molecule has 0 aliphatic heterocycles. The molecule has 4 aromatic carbocycles. The van der Waals surface area contributed by atoms with E-state index >= 15 is 0 Å². The number of carboxylic acids is 1. The number of hydrogen-bond donors (Lipinski definition) is 1. The lowest BCUT2D eigenvalue weighted by Gasteiger charge is -2.10. The fraction of sp³-hybridized carbons (Fsp3) is 0.0690. The Morgan fingerprint density at radius 2 is 1.35 bits per heavy atom. The highest BCUT2D eigenvalue weighted by Gasteiger charge is 2.17. The molecule has 0 spiro atoms. The third-order valence-corrected chi connectivity index (χ3v) is 5.25. The second-order valence-corrected chi connectivity index (χ2v) is 7.70. The molecular weight excluding hydrogens is 426 g/mol. The normalized spacial score (nSPS) is 11.8. The second-order valence-electron chi connectivity index (χ2n) is 7.70. The summed E-state index contributed by atoms with van der Waals surface area (Å²) in [5, 5.41) is 9.74. The molecule has 4 rings (SSSR count). The van der Waals surface area contributed by atoms with Gasteiger partial charge < -0.3 is 9.84 Å². The highest BCUT2D eigenvalue weighted by molar-refractivity contribution is 6.12. The molecule has 5 nitrogen and oxygen atoms in total. The van der Waals surface area contributed by atoms with Gasteiger partial charge in [-0.1, -0.05) is 72.8 Å². The minimum atomic E-state index is -0.986. The van der Waals surface area contributed by atoms with Crippen LogP contribution in [0.5, 0.6) is 11.5 Å². The molecule has 1 N–H and O–H groups in total. The predicted octanol–water partition coefficient (Wildman–Crippen LogP) is 6.36. The lowest BCUT2D eigenvalue weighted by Crippen LogP contribution is -2.17. The van der Waals surface area contributed by atoms with Crippen molar-refractivity contribution in [3.8, 4) is 11.5 Å². The average Bonchev–Trinajstić information content (AvgIpc) is 2.88. The van der Waals surface area contributed by atoms with Crippen LogP contribution in [0.1, 0.15) is 21.5 Å². The maximum Gasteiger partial charge on any atom is 0.312 e. The molecule has 0 saturated carbocycles. The van der Waals surface area contributed by atoms with Gasteiger partial charge in [0.25, 0.3) is 0 Å². The molecule has 0 aliphatic rings. The Hall–Kier alpha value is -4.51. The van der Waals surface area contributed by atoms with Gasteiger partial charge in [0, 0.05) is 17.3 Å². The molecule has 1 unspecified atom stereocenters. The fourth-order valence-electron chi connectivity index (χ4n) is 3.47. The minimum absolute atomic E-state index is 0.158. The molecule has 0 radical (unpaired) electrons. The predicted molar refractivity (Wildman–Crippen MR) is 132 cm³/mol. The number of benzene rings is 4. The number of aliphatic imine (C=N–C) groups is 1. The molecule has 0 aromatic heterocycles. The Labute approximate surface area is 198 Å². The molecule has 1 atom stereocenters. The van der Waals surface area contributed by atoms with Crippen LogP contribution in [0.25, 0.3) is 0 Å². The van der Waals surface area contributed by atoms with Gasteiger partial charge in [-0.2, -0.15) is 0 Å². The average molecular weight is 450 g/mol. The van der Waals surface area contributed by atoms with Crippen molar-refractivity contribution in [3.05, 3.63) is 126 Å². The molecule has 168 valence electrons. The first-order chi connectivity index (χ1) is 16.6. The van der Waals surface area contributed by atoms with Crippen LogP contribution in [-0.2, 0) is 11.2 Å². The summed E-state index contributed by atoms with van der Waals surface area (Å²) in [6, 6.07) is 32.6. The van der Waals surface area contributed by atoms with Gasteiger partial charge in [-0.05, 0) is 48.4 Å². The SMILES string of the molecule is O=C(c1ccccc1)c1ccccc1N=CC(Cc1ccc(Oc2ccccc2)cc1)C(=O)O. The van der Waals surface area contributed by atoms with E-state index in [1.807, 2.05) is 60.7 Å². The van der Waals surface area contributed by atoms with Gasteiger partial charge in [0.1, 0.15) is 11.5 Å². The van der Waals surface area contributed by atoms with Crippen LogP contribution in [0.2, 0.25) is 0 Å². The Kier molecular flexibility index (Phi) is 7.25. The van der Waals surface area contributed by atoms with E-state index in [1.54, 1.807) is 48.5 Å². The Bertz CT molecular complexity index is 1280. The number of rotatable bonds is 9. The number of carbonyl (C=O) groups excluding carboxylic acids is 1. The summed E-state index contributed by atoms with van der Waals surface area (Å²) in [6.07, 6.45) is 1.66. The number of aliphatic carboxylic acids is 1. The van der Waals surface area contributed by atoms with Crippen molar-refractivity contribution in [1.29, 1.82) is 0 Å². The van der Waals surface area contributed by atoms with Crippen molar-refractivity contribution in [3.63, 3.8) is 0 Å². The maximum atomic E-state index is 12.9. The number of para-hydroxylation sites is 2. The van der Waals surface area contributed by atoms with Crippen molar-refractivity contribution in [1.82, 2.24) is 0 Å². The molecule has 0 amide bonds. The van der Waals surface area contributed by atoms with E-state index in [0.29, 0.717) is 22.6 Å². The number of hydrogen-bond acceptors (Lipinski definition) is 4. The summed E-state index contributed by atoms with van der Waals surface area (Å²) in [7, 11) is 0. The van der Waals surface area contributed by atoms with Crippen molar-refractivity contribution < 1.29 is 19.4 Å². The van der Waals surface area contributed by atoms with Crippen molar-refractivity contribution >= 4 is 23.7 Å². The first kappa shape index (κ1) is 22.7. The van der Waals surface area contributed by atoms with Crippen LogP contribution in [0, 0.1) is 5.92 Å². The van der Waals surface area contributed by atoms with Gasteiger partial charge in [-0.3, -0.25) is 14.6 Å². The number of carbonyl (C=O) groups is 2. The van der Waals surface area contributed by atoms with E-state index in [-0.39, 0.29) is 12.2 Å². The van der Waals surface area contributed by atoms with Gasteiger partial charge in [0.2, 0.25) is 0 Å². The standard InChI is InChI=1S/C29H23NO4/c31-28(22-9-3-1-4-10-22)26-13-7-8-14-27(26)30-20-23(29(32)33)19-21-15-17-25(18-16-21)34-24-11-5-2-6-12-24/h1-18,20,23H,19H2,(H,32,33). The lowest BCUT2D eigenvalue weighted by molar-refractivity contribution is -0.139. The summed E-state index contributed by atoms with van der Waals surface area (Å²) in [4.78, 5) is 29.2. The molecule has 0 saturated heterocycles. The third-order valence-electron chi connectivity index (χ3n) is 5.25. The Morgan fingerprint density at radius 3 is 2.03 bits per heavy atom. The van der Waals surface area contributed by atoms with Crippen molar-refractivity contribution in [2.24, 2.45) is 10.9 Å². The van der Waals surface area contributed by atoms with Crippen molar-refractivity contribution in [2.45, 2.75) is 6.42 Å². The summed E-state index contributed by atoms with van der Waals surface area (Å²) in [5.74, 6) is -0.589. The van der Waals surface area contributed by atoms with Gasteiger partial charge in [0.15, 0.2) is 5.78 Å². The van der Waals surface area contributed by atoms with Gasteiger partial charge >= 0.3 is 5.97 Å². The van der Waals surface area contributed by atoms with Crippen LogP contribution in [0.3, 0.4) is 0 Å². The van der Waals surface area contributed by atoms with E-state index in [9.17, 15) is 14.7 Å². The van der Waals surface area contributed by atoms with E-state index in [1.165, 1.54) is 6.21 Å². The number of carboxylic acid groups (broad SMARTS) is 1. The maximum absolute atomic E-state index is 12.9. The zero-order valence-corrected chi connectivity index (χ0v) is 18.4. The summed E-state index contributed by atoms with van der Waals surface area (Å²) in [6.45, 7) is 0. The smallest absolute Gasteiger partial charge is 0.312 e. The first-order valence-corrected chi connectivity index (χ1v) is 10.9. The first-order valence-electron chi connectivity index (χ1n) is 10.9. The zero-order chi connectivity index (χ0) is 23.8. The monoisotopic (exact) mass is 449 g/mol. The Balaban J connectivity index is 1.48. The van der Waals surface area contributed by atoms with Crippen LogP contribution >= 0.6 is 0 Å². The largest absolute Gasteiger partial charge is 0.481 e.